The lowest BCUT2D eigenvalue weighted by Crippen LogP contribution is -2.45. The summed E-state index contributed by atoms with van der Waals surface area (Å²) in [5.74, 6) is 1.93. The Hall–Kier alpha value is -2.31. The van der Waals surface area contributed by atoms with E-state index in [1.54, 1.807) is 21.3 Å². The van der Waals surface area contributed by atoms with Gasteiger partial charge in [0, 0.05) is 32.4 Å². The van der Waals surface area contributed by atoms with Crippen molar-refractivity contribution in [3.8, 4) is 17.2 Å². The number of benzene rings is 1. The summed E-state index contributed by atoms with van der Waals surface area (Å²) < 4.78 is 16.5. The van der Waals surface area contributed by atoms with Crippen molar-refractivity contribution in [2.75, 3.05) is 47.5 Å². The minimum absolute atomic E-state index is 0.0389. The van der Waals surface area contributed by atoms with Crippen molar-refractivity contribution in [3.05, 3.63) is 47.8 Å². The maximum Gasteiger partial charge on any atom is 0.203 e. The molecule has 0 radical (unpaired) electrons. The number of ether oxygens (including phenoxy) is 3. The van der Waals surface area contributed by atoms with Crippen molar-refractivity contribution in [2.24, 2.45) is 0 Å². The van der Waals surface area contributed by atoms with E-state index in [1.807, 2.05) is 30.5 Å². The Morgan fingerprint density at radius 2 is 1.68 bits per heavy atom. The number of hydrogen-bond acceptors (Lipinski definition) is 6. The van der Waals surface area contributed by atoms with Crippen LogP contribution in [0.1, 0.15) is 17.3 Å². The normalized spacial score (nSPS) is 16.3. The van der Waals surface area contributed by atoms with E-state index >= 15 is 0 Å². The largest absolute Gasteiger partial charge is 0.493 e. The van der Waals surface area contributed by atoms with Crippen molar-refractivity contribution >= 4 is 0 Å². The van der Waals surface area contributed by atoms with E-state index in [4.69, 9.17) is 14.2 Å². The fourth-order valence-corrected chi connectivity index (χ4v) is 3.31. The summed E-state index contributed by atoms with van der Waals surface area (Å²) in [6, 6.07) is 10.1. The number of nitrogens with zero attached hydrogens (tertiary/aromatic N) is 2. The predicted molar refractivity (Wildman–Crippen MR) is 96.6 cm³/mol. The Balaban J connectivity index is 2.09. The number of hydrogen-bond donors (Lipinski definition) is 1. The van der Waals surface area contributed by atoms with Gasteiger partial charge in [-0.15, -0.1) is 0 Å². The molecule has 0 saturated carbocycles. The minimum Gasteiger partial charge on any atom is -0.493 e. The van der Waals surface area contributed by atoms with Crippen LogP contribution >= 0.6 is 0 Å². The lowest BCUT2D eigenvalue weighted by atomic mass is 9.99. The molecule has 2 aromatic rings. The first-order valence-corrected chi connectivity index (χ1v) is 8.44. The zero-order valence-electron chi connectivity index (χ0n) is 15.0. The molecule has 1 unspecified atom stereocenters. The van der Waals surface area contributed by atoms with Crippen molar-refractivity contribution < 1.29 is 14.2 Å². The van der Waals surface area contributed by atoms with Crippen molar-refractivity contribution in [2.45, 2.75) is 6.04 Å². The Morgan fingerprint density at radius 1 is 1.00 bits per heavy atom. The van der Waals surface area contributed by atoms with Crippen LogP contribution in [-0.4, -0.2) is 57.4 Å². The molecular weight excluding hydrogens is 318 g/mol. The van der Waals surface area contributed by atoms with Gasteiger partial charge in [-0.2, -0.15) is 0 Å². The summed E-state index contributed by atoms with van der Waals surface area (Å²) >= 11 is 0. The summed E-state index contributed by atoms with van der Waals surface area (Å²) in [7, 11) is 4.90. The van der Waals surface area contributed by atoms with Crippen LogP contribution in [0.3, 0.4) is 0 Å². The van der Waals surface area contributed by atoms with E-state index in [0.29, 0.717) is 17.2 Å². The highest BCUT2D eigenvalue weighted by Gasteiger charge is 2.27. The zero-order chi connectivity index (χ0) is 17.6. The molecule has 0 amide bonds. The molecular formula is C19H25N3O3. The van der Waals surface area contributed by atoms with E-state index in [1.165, 1.54) is 0 Å². The van der Waals surface area contributed by atoms with Gasteiger partial charge < -0.3 is 19.5 Å². The molecule has 1 fully saturated rings. The Morgan fingerprint density at radius 3 is 2.20 bits per heavy atom. The molecule has 1 N–H and O–H groups in total. The Bertz CT molecular complexity index is 663. The molecule has 25 heavy (non-hydrogen) atoms. The van der Waals surface area contributed by atoms with Gasteiger partial charge in [-0.3, -0.25) is 9.88 Å². The summed E-state index contributed by atoms with van der Waals surface area (Å²) in [6.45, 7) is 3.84. The number of rotatable bonds is 6. The molecule has 1 aliphatic heterocycles. The van der Waals surface area contributed by atoms with Gasteiger partial charge in [-0.05, 0) is 29.8 Å². The van der Waals surface area contributed by atoms with Crippen molar-refractivity contribution in [1.29, 1.82) is 0 Å². The molecule has 6 nitrogen and oxygen atoms in total. The van der Waals surface area contributed by atoms with E-state index in [0.717, 1.165) is 37.4 Å². The smallest absolute Gasteiger partial charge is 0.203 e. The quantitative estimate of drug-likeness (QED) is 0.867. The van der Waals surface area contributed by atoms with E-state index < -0.39 is 0 Å². The number of nitrogens with one attached hydrogen (secondary N) is 1. The third-order valence-corrected chi connectivity index (χ3v) is 4.49. The number of piperazine rings is 1. The van der Waals surface area contributed by atoms with Crippen LogP contribution in [0.15, 0.2) is 36.5 Å². The van der Waals surface area contributed by atoms with Gasteiger partial charge in [-0.25, -0.2) is 0 Å². The highest BCUT2D eigenvalue weighted by molar-refractivity contribution is 5.55. The van der Waals surface area contributed by atoms with Crippen LogP contribution in [0.25, 0.3) is 0 Å². The molecule has 1 aromatic heterocycles. The zero-order valence-corrected chi connectivity index (χ0v) is 15.0. The third kappa shape index (κ3) is 3.70. The van der Waals surface area contributed by atoms with E-state index in [9.17, 15) is 0 Å². The number of aromatic nitrogens is 1. The molecule has 3 rings (SSSR count). The molecule has 0 spiro atoms. The highest BCUT2D eigenvalue weighted by Crippen LogP contribution is 2.41. The van der Waals surface area contributed by atoms with Crippen LogP contribution in [0.4, 0.5) is 0 Å². The van der Waals surface area contributed by atoms with Gasteiger partial charge >= 0.3 is 0 Å². The van der Waals surface area contributed by atoms with Crippen LogP contribution in [-0.2, 0) is 0 Å². The lowest BCUT2D eigenvalue weighted by molar-refractivity contribution is 0.194. The summed E-state index contributed by atoms with van der Waals surface area (Å²) in [6.07, 6.45) is 1.84. The van der Waals surface area contributed by atoms with Crippen LogP contribution in [0, 0.1) is 0 Å². The number of pyridine rings is 1. The van der Waals surface area contributed by atoms with E-state index in [-0.39, 0.29) is 6.04 Å². The molecule has 1 aromatic carbocycles. The maximum absolute atomic E-state index is 5.54. The standard InChI is InChI=1S/C19H25N3O3/c1-23-16-12-14(13-17(24-2)19(16)25-3)18(15-6-4-5-7-21-15)22-10-8-20-9-11-22/h4-7,12-13,18,20H,8-11H2,1-3H3. The summed E-state index contributed by atoms with van der Waals surface area (Å²) in [4.78, 5) is 7.04. The van der Waals surface area contributed by atoms with Crippen LogP contribution in [0.2, 0.25) is 0 Å². The lowest BCUT2D eigenvalue weighted by Gasteiger charge is -2.35. The van der Waals surface area contributed by atoms with Crippen molar-refractivity contribution in [3.63, 3.8) is 0 Å². The topological polar surface area (TPSA) is 55.9 Å². The first-order chi connectivity index (χ1) is 12.3. The second kappa shape index (κ2) is 8.18. The van der Waals surface area contributed by atoms with Gasteiger partial charge in [0.25, 0.3) is 0 Å². The molecule has 1 saturated heterocycles. The van der Waals surface area contributed by atoms with Gasteiger partial charge in [0.05, 0.1) is 33.1 Å². The summed E-state index contributed by atoms with van der Waals surface area (Å²) in [5, 5.41) is 3.40. The predicted octanol–water partition coefficient (Wildman–Crippen LogP) is 2.10. The van der Waals surface area contributed by atoms with Crippen LogP contribution in [0.5, 0.6) is 17.2 Å². The van der Waals surface area contributed by atoms with Crippen LogP contribution < -0.4 is 19.5 Å². The SMILES string of the molecule is COc1cc(C(c2ccccn2)N2CCNCC2)cc(OC)c1OC. The second-order valence-electron chi connectivity index (χ2n) is 5.90. The summed E-state index contributed by atoms with van der Waals surface area (Å²) in [5.41, 5.74) is 2.09. The second-order valence-corrected chi connectivity index (χ2v) is 5.90. The third-order valence-electron chi connectivity index (χ3n) is 4.49. The molecule has 0 aliphatic carbocycles. The minimum atomic E-state index is 0.0389. The first-order valence-electron chi connectivity index (χ1n) is 8.44. The highest BCUT2D eigenvalue weighted by atomic mass is 16.5. The maximum atomic E-state index is 5.54. The average molecular weight is 343 g/mol. The average Bonchev–Trinajstić information content (AvgIpc) is 2.69. The molecule has 134 valence electrons. The molecule has 1 aliphatic rings. The Labute approximate surface area is 148 Å². The van der Waals surface area contributed by atoms with Gasteiger partial charge in [-0.1, -0.05) is 6.07 Å². The van der Waals surface area contributed by atoms with Crippen molar-refractivity contribution in [1.82, 2.24) is 15.2 Å². The monoisotopic (exact) mass is 343 g/mol. The van der Waals surface area contributed by atoms with Gasteiger partial charge in [0.1, 0.15) is 0 Å². The fourth-order valence-electron chi connectivity index (χ4n) is 3.31. The molecule has 2 heterocycles. The molecule has 6 heteroatoms. The fraction of sp³-hybridized carbons (Fsp3) is 0.421. The molecule has 1 atom stereocenters. The number of methoxy groups -OCH3 is 3. The van der Waals surface area contributed by atoms with Gasteiger partial charge in [0.2, 0.25) is 5.75 Å². The first kappa shape index (κ1) is 17.5. The van der Waals surface area contributed by atoms with E-state index in [2.05, 4.69) is 21.3 Å². The molecule has 0 bridgehead atoms. The van der Waals surface area contributed by atoms with Gasteiger partial charge in [0.15, 0.2) is 11.5 Å². The Kier molecular flexibility index (Phi) is 5.73.